The van der Waals surface area contributed by atoms with E-state index in [1.807, 2.05) is 0 Å². The fourth-order valence-electron chi connectivity index (χ4n) is 0.737. The van der Waals surface area contributed by atoms with Crippen molar-refractivity contribution >= 4 is 0 Å². The minimum absolute atomic E-state index is 0.178. The van der Waals surface area contributed by atoms with Crippen LogP contribution >= 0.6 is 0 Å². The molecule has 0 unspecified atom stereocenters. The average molecular weight is 176 g/mol. The van der Waals surface area contributed by atoms with Gasteiger partial charge in [-0.1, -0.05) is 6.07 Å². The maximum absolute atomic E-state index is 12.4. The lowest BCUT2D eigenvalue weighted by atomic mass is 10.3. The fraction of sp³-hybridized carbons (Fsp3) is 0.250. The molecule has 0 spiro atoms. The van der Waals surface area contributed by atoms with Crippen LogP contribution < -0.4 is 4.74 Å². The molecular formula is C8H7F3O. The van der Waals surface area contributed by atoms with Crippen molar-refractivity contribution in [3.8, 4) is 5.75 Å². The summed E-state index contributed by atoms with van der Waals surface area (Å²) in [7, 11) is 0. The maximum Gasteiger partial charge on any atom is 0.394 e. The van der Waals surface area contributed by atoms with Crippen LogP contribution in [-0.4, -0.2) is 6.11 Å². The third-order valence-electron chi connectivity index (χ3n) is 1.09. The topological polar surface area (TPSA) is 9.23 Å². The van der Waals surface area contributed by atoms with Crippen molar-refractivity contribution in [2.45, 2.75) is 13.0 Å². The Labute approximate surface area is 67.8 Å². The van der Waals surface area contributed by atoms with Gasteiger partial charge in [-0.2, -0.15) is 8.78 Å². The Morgan fingerprint density at radius 1 is 1.33 bits per heavy atom. The second kappa shape index (κ2) is 3.05. The third-order valence-corrected chi connectivity index (χ3v) is 1.09. The highest BCUT2D eigenvalue weighted by molar-refractivity contribution is 5.22. The Bertz CT molecular complexity index is 267. The van der Waals surface area contributed by atoms with Crippen molar-refractivity contribution in [1.29, 1.82) is 0 Å². The quantitative estimate of drug-likeness (QED) is 0.673. The standard InChI is InChI=1S/C8H7F3O/c1-8(10,11)12-7-4-2-3-6(9)5-7/h2-5H,1H3. The molecule has 0 amide bonds. The van der Waals surface area contributed by atoms with Crippen molar-refractivity contribution in [2.75, 3.05) is 0 Å². The van der Waals surface area contributed by atoms with Crippen LogP contribution in [0.4, 0.5) is 13.2 Å². The van der Waals surface area contributed by atoms with Crippen molar-refractivity contribution in [1.82, 2.24) is 0 Å². The second-order valence-corrected chi connectivity index (χ2v) is 2.37. The van der Waals surface area contributed by atoms with E-state index in [0.717, 1.165) is 12.1 Å². The minimum atomic E-state index is -3.27. The number of alkyl halides is 2. The fourth-order valence-corrected chi connectivity index (χ4v) is 0.737. The van der Waals surface area contributed by atoms with Crippen LogP contribution in [0.2, 0.25) is 0 Å². The molecule has 0 aliphatic heterocycles. The zero-order valence-electron chi connectivity index (χ0n) is 6.35. The minimum Gasteiger partial charge on any atom is -0.433 e. The van der Waals surface area contributed by atoms with E-state index in [2.05, 4.69) is 4.74 Å². The van der Waals surface area contributed by atoms with Gasteiger partial charge in [0.2, 0.25) is 0 Å². The van der Waals surface area contributed by atoms with Gasteiger partial charge in [0.1, 0.15) is 11.6 Å². The highest BCUT2D eigenvalue weighted by Crippen LogP contribution is 2.20. The summed E-state index contributed by atoms with van der Waals surface area (Å²) in [6, 6.07) is 4.62. The Morgan fingerprint density at radius 3 is 2.50 bits per heavy atom. The molecule has 4 heteroatoms. The summed E-state index contributed by atoms with van der Waals surface area (Å²) in [5.41, 5.74) is 0. The lowest BCUT2D eigenvalue weighted by molar-refractivity contribution is -0.159. The Morgan fingerprint density at radius 2 is 2.00 bits per heavy atom. The first-order valence-electron chi connectivity index (χ1n) is 3.30. The highest BCUT2D eigenvalue weighted by atomic mass is 19.3. The van der Waals surface area contributed by atoms with Gasteiger partial charge < -0.3 is 4.74 Å². The van der Waals surface area contributed by atoms with E-state index in [0.29, 0.717) is 6.92 Å². The van der Waals surface area contributed by atoms with Crippen LogP contribution in [0, 0.1) is 5.82 Å². The van der Waals surface area contributed by atoms with Crippen molar-refractivity contribution in [3.63, 3.8) is 0 Å². The first-order valence-corrected chi connectivity index (χ1v) is 3.30. The van der Waals surface area contributed by atoms with E-state index in [4.69, 9.17) is 0 Å². The predicted molar refractivity (Wildman–Crippen MR) is 37.6 cm³/mol. The summed E-state index contributed by atoms with van der Waals surface area (Å²) >= 11 is 0. The lowest BCUT2D eigenvalue weighted by Crippen LogP contribution is -2.19. The maximum atomic E-state index is 12.4. The molecule has 12 heavy (non-hydrogen) atoms. The molecule has 0 atom stereocenters. The number of halogens is 3. The lowest BCUT2D eigenvalue weighted by Gasteiger charge is -2.12. The molecule has 1 aromatic carbocycles. The highest BCUT2D eigenvalue weighted by Gasteiger charge is 2.22. The van der Waals surface area contributed by atoms with Crippen LogP contribution in [0.15, 0.2) is 24.3 Å². The molecule has 0 radical (unpaired) electrons. The molecule has 0 heterocycles. The Kier molecular flexibility index (Phi) is 2.26. The van der Waals surface area contributed by atoms with E-state index >= 15 is 0 Å². The molecule has 0 aliphatic rings. The monoisotopic (exact) mass is 176 g/mol. The van der Waals surface area contributed by atoms with E-state index in [9.17, 15) is 13.2 Å². The van der Waals surface area contributed by atoms with Gasteiger partial charge in [0, 0.05) is 13.0 Å². The summed E-state index contributed by atoms with van der Waals surface area (Å²) in [4.78, 5) is 0. The van der Waals surface area contributed by atoms with Gasteiger partial charge in [-0.25, -0.2) is 4.39 Å². The molecule has 0 N–H and O–H groups in total. The molecule has 1 aromatic rings. The Hall–Kier alpha value is -1.19. The van der Waals surface area contributed by atoms with Gasteiger partial charge in [0.15, 0.2) is 0 Å². The first-order chi connectivity index (χ1) is 5.47. The van der Waals surface area contributed by atoms with Crippen LogP contribution in [0.5, 0.6) is 5.75 Å². The van der Waals surface area contributed by atoms with Crippen LogP contribution in [-0.2, 0) is 0 Å². The normalized spacial score (nSPS) is 11.3. The van der Waals surface area contributed by atoms with Gasteiger partial charge in [-0.3, -0.25) is 0 Å². The SMILES string of the molecule is CC(F)(F)Oc1cccc(F)c1. The van der Waals surface area contributed by atoms with Gasteiger partial charge in [-0.05, 0) is 12.1 Å². The van der Waals surface area contributed by atoms with Crippen LogP contribution in [0.1, 0.15) is 6.92 Å². The van der Waals surface area contributed by atoms with E-state index < -0.39 is 11.9 Å². The van der Waals surface area contributed by atoms with E-state index in [-0.39, 0.29) is 5.75 Å². The summed E-state index contributed by atoms with van der Waals surface area (Å²) in [6.07, 6.45) is -3.27. The summed E-state index contributed by atoms with van der Waals surface area (Å²) < 4.78 is 40.9. The van der Waals surface area contributed by atoms with Gasteiger partial charge in [0.25, 0.3) is 0 Å². The molecular weight excluding hydrogens is 169 g/mol. The molecule has 1 nitrogen and oxygen atoms in total. The predicted octanol–water partition coefficient (Wildman–Crippen LogP) is 2.82. The third kappa shape index (κ3) is 2.82. The summed E-state index contributed by atoms with van der Waals surface area (Å²) in [6.45, 7) is 0.595. The smallest absolute Gasteiger partial charge is 0.394 e. The largest absolute Gasteiger partial charge is 0.433 e. The second-order valence-electron chi connectivity index (χ2n) is 2.37. The Balaban J connectivity index is 2.77. The zero-order chi connectivity index (χ0) is 9.19. The molecule has 66 valence electrons. The summed E-state index contributed by atoms with van der Waals surface area (Å²) in [5.74, 6) is -0.778. The van der Waals surface area contributed by atoms with Crippen molar-refractivity contribution in [3.05, 3.63) is 30.1 Å². The molecule has 0 aliphatic carbocycles. The molecule has 0 saturated heterocycles. The van der Waals surface area contributed by atoms with E-state index in [1.165, 1.54) is 12.1 Å². The molecule has 0 aromatic heterocycles. The molecule has 0 saturated carbocycles. The van der Waals surface area contributed by atoms with Gasteiger partial charge in [-0.15, -0.1) is 0 Å². The molecule has 0 fully saturated rings. The van der Waals surface area contributed by atoms with Crippen LogP contribution in [0.3, 0.4) is 0 Å². The van der Waals surface area contributed by atoms with Crippen LogP contribution in [0.25, 0.3) is 0 Å². The number of benzene rings is 1. The number of hydrogen-bond donors (Lipinski definition) is 0. The zero-order valence-corrected chi connectivity index (χ0v) is 6.35. The average Bonchev–Trinajstić information content (AvgIpc) is 1.82. The molecule has 0 bridgehead atoms. The number of hydrogen-bond acceptors (Lipinski definition) is 1. The number of rotatable bonds is 2. The first kappa shape index (κ1) is 8.90. The van der Waals surface area contributed by atoms with Gasteiger partial charge in [0.05, 0.1) is 0 Å². The van der Waals surface area contributed by atoms with Crippen molar-refractivity contribution < 1.29 is 17.9 Å². The number of ether oxygens (including phenoxy) is 1. The van der Waals surface area contributed by atoms with Gasteiger partial charge >= 0.3 is 6.11 Å². The van der Waals surface area contributed by atoms with Crippen molar-refractivity contribution in [2.24, 2.45) is 0 Å². The van der Waals surface area contributed by atoms with E-state index in [1.54, 1.807) is 0 Å². The molecule has 1 rings (SSSR count). The summed E-state index contributed by atoms with van der Waals surface area (Å²) in [5, 5.41) is 0.